The third-order valence-electron chi connectivity index (χ3n) is 11.8. The fraction of sp³-hybridized carbons (Fsp3) is 0.489. The van der Waals surface area contributed by atoms with Gasteiger partial charge in [0.1, 0.15) is 22.8 Å². The van der Waals surface area contributed by atoms with Crippen LogP contribution >= 0.6 is 0 Å². The molecule has 0 radical (unpaired) electrons. The van der Waals surface area contributed by atoms with Crippen molar-refractivity contribution in [2.75, 3.05) is 26.4 Å². The second-order valence-electron chi connectivity index (χ2n) is 16.1. The number of nitrogens with zero attached hydrogens (tertiary/aromatic N) is 2. The normalized spacial score (nSPS) is 21.5. The molecule has 2 aromatic carbocycles. The number of unbranched alkanes of at least 4 members (excludes halogenated alkanes) is 2. The third-order valence-corrected chi connectivity index (χ3v) is 11.8. The van der Waals surface area contributed by atoms with Crippen molar-refractivity contribution in [3.05, 3.63) is 86.8 Å². The molecule has 3 N–H and O–H groups in total. The first kappa shape index (κ1) is 40.6. The number of carbonyl (C=O) groups excluding carboxylic acids is 4. The fourth-order valence-corrected chi connectivity index (χ4v) is 8.86. The van der Waals surface area contributed by atoms with Crippen LogP contribution in [0.4, 0.5) is 0 Å². The van der Waals surface area contributed by atoms with E-state index < -0.39 is 23.7 Å². The van der Waals surface area contributed by atoms with Gasteiger partial charge in [-0.05, 0) is 93.2 Å². The van der Waals surface area contributed by atoms with Crippen molar-refractivity contribution in [1.82, 2.24) is 14.8 Å². The number of hydrogen-bond acceptors (Lipinski definition) is 10. The molecule has 1 fully saturated rings. The van der Waals surface area contributed by atoms with Crippen molar-refractivity contribution in [2.24, 2.45) is 5.92 Å². The van der Waals surface area contributed by atoms with E-state index in [0.717, 1.165) is 18.5 Å². The molecule has 0 saturated carbocycles. The molecule has 7 rings (SSSR count). The summed E-state index contributed by atoms with van der Waals surface area (Å²) in [7, 11) is 0. The number of esters is 1. The summed E-state index contributed by atoms with van der Waals surface area (Å²) in [4.78, 5) is 67.1. The molecule has 5 heterocycles. The van der Waals surface area contributed by atoms with Gasteiger partial charge >= 0.3 is 5.97 Å². The first-order chi connectivity index (χ1) is 28.0. The maximum atomic E-state index is 13.7. The highest BCUT2D eigenvalue weighted by Crippen LogP contribution is 2.46. The number of aromatic hydroxyl groups is 2. The number of likely N-dealkylation sites (tertiary alicyclic amines) is 1. The first-order valence-corrected chi connectivity index (χ1v) is 20.7. The van der Waals surface area contributed by atoms with Gasteiger partial charge < -0.3 is 39.2 Å². The maximum absolute atomic E-state index is 13.7. The Labute approximate surface area is 338 Å². The molecule has 1 saturated heterocycles. The average Bonchev–Trinajstić information content (AvgIpc) is 3.67. The Hall–Kier alpha value is -5.59. The lowest BCUT2D eigenvalue weighted by molar-refractivity contribution is -0.134. The summed E-state index contributed by atoms with van der Waals surface area (Å²) >= 11 is 0. The van der Waals surface area contributed by atoms with Crippen LogP contribution in [0.1, 0.15) is 129 Å². The number of ketones is 1. The standard InChI is InChI=1S/C45H53N3O10/c1-28-10-8-13-33(49)12-5-2-4-11-31-21-36(50)43(44(54)42(31)45(55)58-28)34(30-17-18-37-38(22-30)57-27-56-37)23-39(51)46-19-7-3-6-15-40(52)47-24-29-20-32(26-47)35-14-9-16-41(53)48(35)25-29/h4,9,11,14,16-18,21-22,28-29,32,34,50,54H,2-3,5-8,10,12-13,15,19-20,23-27H2,1H3,(H,46,51)/b11-4+/t28-,29+,32-,34?/m0/s1. The van der Waals surface area contributed by atoms with E-state index in [1.54, 1.807) is 49.4 Å². The quantitative estimate of drug-likeness (QED) is 0.156. The topological polar surface area (TPSA) is 174 Å². The number of rotatable bonds is 10. The summed E-state index contributed by atoms with van der Waals surface area (Å²) in [5.41, 5.74) is 1.75. The van der Waals surface area contributed by atoms with Crippen molar-refractivity contribution in [2.45, 2.75) is 108 Å². The largest absolute Gasteiger partial charge is 0.507 e. The summed E-state index contributed by atoms with van der Waals surface area (Å²) in [5.74, 6) is -1.07. The minimum atomic E-state index is -0.889. The van der Waals surface area contributed by atoms with Gasteiger partial charge in [-0.3, -0.25) is 19.2 Å². The highest BCUT2D eigenvalue weighted by molar-refractivity contribution is 5.98. The van der Waals surface area contributed by atoms with Crippen LogP contribution in [-0.2, 0) is 25.7 Å². The van der Waals surface area contributed by atoms with Gasteiger partial charge in [-0.15, -0.1) is 0 Å². The number of aromatic nitrogens is 1. The number of fused-ring (bicyclic) bond motifs is 6. The molecule has 0 spiro atoms. The molecule has 2 bridgehead atoms. The van der Waals surface area contributed by atoms with Crippen LogP contribution in [-0.4, -0.2) is 75.8 Å². The van der Waals surface area contributed by atoms with Crippen LogP contribution in [0.15, 0.2) is 53.3 Å². The zero-order valence-electron chi connectivity index (χ0n) is 33.1. The Morgan fingerprint density at radius 1 is 0.948 bits per heavy atom. The van der Waals surface area contributed by atoms with Crippen LogP contribution in [0.5, 0.6) is 23.0 Å². The summed E-state index contributed by atoms with van der Waals surface area (Å²) in [5, 5.41) is 26.4. The van der Waals surface area contributed by atoms with Crippen molar-refractivity contribution < 1.29 is 43.6 Å². The predicted molar refractivity (Wildman–Crippen MR) is 215 cm³/mol. The van der Waals surface area contributed by atoms with Crippen LogP contribution in [0.3, 0.4) is 0 Å². The molecule has 308 valence electrons. The molecule has 13 nitrogen and oxygen atoms in total. The summed E-state index contributed by atoms with van der Waals surface area (Å²) in [6, 6.07) is 11.9. The predicted octanol–water partition coefficient (Wildman–Crippen LogP) is 6.31. The number of phenolic OH excluding ortho intramolecular Hbond substituents is 2. The summed E-state index contributed by atoms with van der Waals surface area (Å²) in [6.07, 6.45) is 9.30. The molecular formula is C45H53N3O10. The van der Waals surface area contributed by atoms with Crippen LogP contribution in [0.2, 0.25) is 0 Å². The van der Waals surface area contributed by atoms with Crippen LogP contribution in [0.25, 0.3) is 6.08 Å². The highest BCUT2D eigenvalue weighted by atomic mass is 16.7. The van der Waals surface area contributed by atoms with Crippen molar-refractivity contribution in [3.63, 3.8) is 0 Å². The second kappa shape index (κ2) is 18.3. The number of benzene rings is 2. The van der Waals surface area contributed by atoms with Gasteiger partial charge in [0.2, 0.25) is 18.6 Å². The number of allylic oxidation sites excluding steroid dienone is 1. The van der Waals surface area contributed by atoms with E-state index >= 15 is 0 Å². The monoisotopic (exact) mass is 795 g/mol. The molecule has 4 aliphatic rings. The molecule has 3 aromatic rings. The Kier molecular flexibility index (Phi) is 12.8. The Morgan fingerprint density at radius 3 is 2.64 bits per heavy atom. The molecule has 4 atom stereocenters. The minimum absolute atomic E-state index is 0.00777. The van der Waals surface area contributed by atoms with Gasteiger partial charge in [0.05, 0.1) is 6.10 Å². The number of hydrogen-bond donors (Lipinski definition) is 3. The van der Waals surface area contributed by atoms with Gasteiger partial charge in [0.25, 0.3) is 5.56 Å². The van der Waals surface area contributed by atoms with Crippen molar-refractivity contribution >= 4 is 29.6 Å². The van der Waals surface area contributed by atoms with E-state index in [2.05, 4.69) is 5.32 Å². The summed E-state index contributed by atoms with van der Waals surface area (Å²) in [6.45, 7) is 4.06. The fourth-order valence-electron chi connectivity index (χ4n) is 8.86. The number of Topliss-reactive ketones (excluding diaryl/α,β-unsaturated/α-hetero) is 1. The van der Waals surface area contributed by atoms with E-state index in [1.807, 2.05) is 15.5 Å². The van der Waals surface area contributed by atoms with Crippen molar-refractivity contribution in [1.29, 1.82) is 0 Å². The Morgan fingerprint density at radius 2 is 1.78 bits per heavy atom. The van der Waals surface area contributed by atoms with Crippen LogP contribution < -0.4 is 20.3 Å². The zero-order chi connectivity index (χ0) is 40.8. The summed E-state index contributed by atoms with van der Waals surface area (Å²) < 4.78 is 18.7. The number of cyclic esters (lactones) is 1. The number of ether oxygens (including phenoxy) is 3. The molecule has 2 amide bonds. The average molecular weight is 796 g/mol. The molecule has 0 aliphatic carbocycles. The minimum Gasteiger partial charge on any atom is -0.507 e. The van der Waals surface area contributed by atoms with Gasteiger partial charge in [-0.2, -0.15) is 0 Å². The molecular weight excluding hydrogens is 743 g/mol. The van der Waals surface area contributed by atoms with Gasteiger partial charge in [0.15, 0.2) is 11.5 Å². The van der Waals surface area contributed by atoms with E-state index in [0.29, 0.717) is 101 Å². The van der Waals surface area contributed by atoms with Crippen LogP contribution in [0, 0.1) is 5.92 Å². The van der Waals surface area contributed by atoms with Crippen molar-refractivity contribution in [3.8, 4) is 23.0 Å². The maximum Gasteiger partial charge on any atom is 0.342 e. The Balaban J connectivity index is 1.01. The smallest absolute Gasteiger partial charge is 0.342 e. The number of phenols is 2. The van der Waals surface area contributed by atoms with E-state index in [9.17, 15) is 34.2 Å². The molecule has 1 aromatic heterocycles. The Bertz CT molecular complexity index is 2130. The lowest BCUT2D eigenvalue weighted by Crippen LogP contribution is -2.49. The number of piperidine rings is 1. The number of pyridine rings is 1. The molecule has 58 heavy (non-hydrogen) atoms. The number of carbonyl (C=O) groups is 4. The molecule has 13 heteroatoms. The van der Waals surface area contributed by atoms with Gasteiger partial charge in [-0.1, -0.05) is 30.7 Å². The zero-order valence-corrected chi connectivity index (χ0v) is 33.1. The SMILES string of the molecule is C[C@H]1CCCC(=O)CCC/C=C/c2cc(O)c(C(CC(=O)NCCCCCC(=O)N3C[C@H]4C[C@@H](C3)c3cccc(=O)n3C4)c3ccc4c(c3)OCO4)c(O)c2C(=O)O1. The molecule has 1 unspecified atom stereocenters. The lowest BCUT2D eigenvalue weighted by Gasteiger charge is -2.42. The van der Waals surface area contributed by atoms with E-state index in [1.165, 1.54) is 6.07 Å². The first-order valence-electron chi connectivity index (χ1n) is 20.7. The van der Waals surface area contributed by atoms with Gasteiger partial charge in [-0.25, -0.2) is 4.79 Å². The highest BCUT2D eigenvalue weighted by Gasteiger charge is 2.36. The van der Waals surface area contributed by atoms with Gasteiger partial charge in [0, 0.05) is 81.0 Å². The second-order valence-corrected chi connectivity index (χ2v) is 16.1. The van der Waals surface area contributed by atoms with E-state index in [-0.39, 0.29) is 70.6 Å². The number of amides is 2. The molecule has 4 aliphatic heterocycles. The third kappa shape index (κ3) is 9.40. The van der Waals surface area contributed by atoms with E-state index in [4.69, 9.17) is 14.2 Å². The number of nitrogens with one attached hydrogen (secondary N) is 1. The lowest BCUT2D eigenvalue weighted by atomic mass is 9.83.